The van der Waals surface area contributed by atoms with Crippen LogP contribution in [0.4, 0.5) is 5.95 Å². The van der Waals surface area contributed by atoms with E-state index in [0.29, 0.717) is 24.3 Å². The molecule has 0 saturated carbocycles. The maximum atomic E-state index is 10.5. The van der Waals surface area contributed by atoms with Crippen LogP contribution < -0.4 is 5.73 Å². The molecule has 0 aromatic carbocycles. The van der Waals surface area contributed by atoms with Crippen molar-refractivity contribution in [3.05, 3.63) is 0 Å². The van der Waals surface area contributed by atoms with Crippen LogP contribution in [-0.4, -0.2) is 45.3 Å². The van der Waals surface area contributed by atoms with Crippen molar-refractivity contribution in [2.24, 2.45) is 5.92 Å². The van der Waals surface area contributed by atoms with Crippen LogP contribution in [-0.2, 0) is 16.1 Å². The van der Waals surface area contributed by atoms with E-state index >= 15 is 0 Å². The Kier molecular flexibility index (Phi) is 5.23. The number of nitrogens with zero attached hydrogens (tertiary/aromatic N) is 3. The zero-order valence-corrected chi connectivity index (χ0v) is 10.6. The van der Waals surface area contributed by atoms with E-state index < -0.39 is 5.97 Å². The summed E-state index contributed by atoms with van der Waals surface area (Å²) in [4.78, 5) is 10.5. The summed E-state index contributed by atoms with van der Waals surface area (Å²) in [6, 6.07) is 0. The lowest BCUT2D eigenvalue weighted by molar-refractivity contribution is -0.133. The Balaban J connectivity index is 2.68. The molecule has 1 rings (SSSR count). The lowest BCUT2D eigenvalue weighted by Gasteiger charge is -2.13. The van der Waals surface area contributed by atoms with Crippen LogP contribution in [0, 0.1) is 5.92 Å². The number of nitrogens with two attached hydrogens (primary N) is 1. The van der Waals surface area contributed by atoms with Gasteiger partial charge in [-0.2, -0.15) is 0 Å². The van der Waals surface area contributed by atoms with Crippen LogP contribution in [0.3, 0.4) is 0 Å². The lowest BCUT2D eigenvalue weighted by atomic mass is 10.2. The number of carboxylic acids is 1. The first-order valence-corrected chi connectivity index (χ1v) is 6.05. The van der Waals surface area contributed by atoms with Crippen LogP contribution in [0.2, 0.25) is 0 Å². The van der Waals surface area contributed by atoms with E-state index in [9.17, 15) is 4.79 Å². The van der Waals surface area contributed by atoms with Gasteiger partial charge in [0.1, 0.15) is 0 Å². The van der Waals surface area contributed by atoms with Crippen LogP contribution in [0.1, 0.15) is 6.92 Å². The first-order chi connectivity index (χ1) is 8.04. The van der Waals surface area contributed by atoms with Crippen molar-refractivity contribution in [3.63, 3.8) is 0 Å². The molecule has 1 atom stereocenters. The zero-order valence-electron chi connectivity index (χ0n) is 9.79. The topological polar surface area (TPSA) is 103 Å². The molecule has 0 saturated heterocycles. The molecule has 0 spiro atoms. The maximum Gasteiger partial charge on any atom is 0.313 e. The number of aromatic nitrogens is 3. The molecule has 0 aliphatic heterocycles. The van der Waals surface area contributed by atoms with Crippen molar-refractivity contribution >= 4 is 23.7 Å². The fourth-order valence-corrected chi connectivity index (χ4v) is 2.03. The van der Waals surface area contributed by atoms with Gasteiger partial charge in [0.2, 0.25) is 5.95 Å². The van der Waals surface area contributed by atoms with E-state index in [0.717, 1.165) is 11.8 Å². The summed E-state index contributed by atoms with van der Waals surface area (Å²) in [6.07, 6.45) is 0. The number of thioether (sulfide) groups is 1. The minimum atomic E-state index is -0.895. The van der Waals surface area contributed by atoms with Crippen molar-refractivity contribution in [1.29, 1.82) is 0 Å². The molecule has 0 bridgehead atoms. The highest BCUT2D eigenvalue weighted by atomic mass is 32.2. The average Bonchev–Trinajstić information content (AvgIpc) is 2.58. The molecule has 0 fully saturated rings. The highest BCUT2D eigenvalue weighted by molar-refractivity contribution is 7.99. The smallest absolute Gasteiger partial charge is 0.313 e. The third kappa shape index (κ3) is 4.23. The summed E-state index contributed by atoms with van der Waals surface area (Å²) in [5.41, 5.74) is 5.68. The molecule has 3 N–H and O–H groups in total. The molecular weight excluding hydrogens is 244 g/mol. The molecule has 0 amide bonds. The van der Waals surface area contributed by atoms with Gasteiger partial charge in [-0.1, -0.05) is 18.7 Å². The van der Waals surface area contributed by atoms with Crippen molar-refractivity contribution in [2.45, 2.75) is 18.6 Å². The molecule has 0 radical (unpaired) electrons. The first kappa shape index (κ1) is 13.8. The normalized spacial score (nSPS) is 12.6. The van der Waals surface area contributed by atoms with E-state index in [4.69, 9.17) is 15.6 Å². The number of methoxy groups -OCH3 is 1. The molecule has 1 aromatic heterocycles. The second-order valence-corrected chi connectivity index (χ2v) is 4.64. The molecule has 1 aromatic rings. The summed E-state index contributed by atoms with van der Waals surface area (Å²) in [5, 5.41) is 16.7. The Labute approximate surface area is 103 Å². The average molecular weight is 260 g/mol. The van der Waals surface area contributed by atoms with E-state index in [2.05, 4.69) is 10.2 Å². The zero-order chi connectivity index (χ0) is 12.8. The molecule has 96 valence electrons. The number of anilines is 1. The molecule has 0 aliphatic rings. The SMILES string of the molecule is COCC(C)Cn1c(N)nnc1SCC(=O)O. The second kappa shape index (κ2) is 6.45. The lowest BCUT2D eigenvalue weighted by Crippen LogP contribution is -2.15. The Hall–Kier alpha value is -1.28. The number of rotatable bonds is 7. The van der Waals surface area contributed by atoms with Gasteiger partial charge in [0.05, 0.1) is 12.4 Å². The molecule has 17 heavy (non-hydrogen) atoms. The fraction of sp³-hybridized carbons (Fsp3) is 0.667. The van der Waals surface area contributed by atoms with Crippen LogP contribution >= 0.6 is 11.8 Å². The van der Waals surface area contributed by atoms with E-state index in [1.54, 1.807) is 11.7 Å². The van der Waals surface area contributed by atoms with Crippen LogP contribution in [0.25, 0.3) is 0 Å². The second-order valence-electron chi connectivity index (χ2n) is 3.69. The number of aliphatic carboxylic acids is 1. The van der Waals surface area contributed by atoms with Gasteiger partial charge in [-0.3, -0.25) is 9.36 Å². The predicted molar refractivity (Wildman–Crippen MR) is 63.8 cm³/mol. The Morgan fingerprint density at radius 1 is 1.65 bits per heavy atom. The highest BCUT2D eigenvalue weighted by Crippen LogP contribution is 2.19. The quantitative estimate of drug-likeness (QED) is 0.680. The van der Waals surface area contributed by atoms with Gasteiger partial charge in [-0.25, -0.2) is 0 Å². The minimum Gasteiger partial charge on any atom is -0.481 e. The van der Waals surface area contributed by atoms with Crippen LogP contribution in [0.15, 0.2) is 5.16 Å². The molecule has 7 nitrogen and oxygen atoms in total. The van der Waals surface area contributed by atoms with Gasteiger partial charge in [-0.15, -0.1) is 10.2 Å². The first-order valence-electron chi connectivity index (χ1n) is 5.06. The molecule has 1 heterocycles. The largest absolute Gasteiger partial charge is 0.481 e. The minimum absolute atomic E-state index is 0.0587. The van der Waals surface area contributed by atoms with Gasteiger partial charge in [-0.05, 0) is 5.92 Å². The molecular formula is C9H16N4O3S. The fourth-order valence-electron chi connectivity index (χ4n) is 1.35. The van der Waals surface area contributed by atoms with Crippen molar-refractivity contribution in [1.82, 2.24) is 14.8 Å². The van der Waals surface area contributed by atoms with Crippen LogP contribution in [0.5, 0.6) is 0 Å². The van der Waals surface area contributed by atoms with Gasteiger partial charge >= 0.3 is 5.97 Å². The number of hydrogen-bond donors (Lipinski definition) is 2. The molecule has 1 unspecified atom stereocenters. The van der Waals surface area contributed by atoms with E-state index in [1.165, 1.54) is 0 Å². The number of hydrogen-bond acceptors (Lipinski definition) is 6. The molecule has 8 heteroatoms. The van der Waals surface area contributed by atoms with Gasteiger partial charge in [0.15, 0.2) is 5.16 Å². The number of nitrogen functional groups attached to an aromatic ring is 1. The monoisotopic (exact) mass is 260 g/mol. The maximum absolute atomic E-state index is 10.5. The number of carboxylic acid groups (broad SMARTS) is 1. The summed E-state index contributed by atoms with van der Waals surface area (Å²) in [6.45, 7) is 3.21. The van der Waals surface area contributed by atoms with Crippen molar-refractivity contribution in [2.75, 3.05) is 25.2 Å². The summed E-state index contributed by atoms with van der Waals surface area (Å²) in [5.74, 6) is -0.409. The van der Waals surface area contributed by atoms with Gasteiger partial charge in [0.25, 0.3) is 0 Å². The standard InChI is InChI=1S/C9H16N4O3S/c1-6(4-16-2)3-13-8(10)11-12-9(13)17-5-7(14)15/h6H,3-5H2,1-2H3,(H2,10,11)(H,14,15). The Morgan fingerprint density at radius 2 is 2.35 bits per heavy atom. The van der Waals surface area contributed by atoms with Crippen molar-refractivity contribution in [3.8, 4) is 0 Å². The Bertz CT molecular complexity index is 382. The Morgan fingerprint density at radius 3 is 2.94 bits per heavy atom. The number of ether oxygens (including phenoxy) is 1. The molecule has 0 aliphatic carbocycles. The van der Waals surface area contributed by atoms with E-state index in [1.807, 2.05) is 6.92 Å². The van der Waals surface area contributed by atoms with Gasteiger partial charge in [0, 0.05) is 13.7 Å². The third-order valence-electron chi connectivity index (χ3n) is 2.02. The summed E-state index contributed by atoms with van der Waals surface area (Å²) < 4.78 is 6.74. The highest BCUT2D eigenvalue weighted by Gasteiger charge is 2.14. The predicted octanol–water partition coefficient (Wildman–Crippen LogP) is 0.319. The van der Waals surface area contributed by atoms with E-state index in [-0.39, 0.29) is 11.7 Å². The summed E-state index contributed by atoms with van der Waals surface area (Å²) >= 11 is 1.11. The van der Waals surface area contributed by atoms with Crippen molar-refractivity contribution < 1.29 is 14.6 Å². The summed E-state index contributed by atoms with van der Waals surface area (Å²) in [7, 11) is 1.63. The van der Waals surface area contributed by atoms with Gasteiger partial charge < -0.3 is 15.6 Å². The number of carbonyl (C=O) groups is 1. The third-order valence-corrected chi connectivity index (χ3v) is 2.97.